The van der Waals surface area contributed by atoms with Crippen LogP contribution in [-0.4, -0.2) is 7.11 Å². The molecule has 1 unspecified atom stereocenters. The van der Waals surface area contributed by atoms with Gasteiger partial charge in [-0.2, -0.15) is 4.74 Å². The zero-order valence-electron chi connectivity index (χ0n) is 8.92. The summed E-state index contributed by atoms with van der Waals surface area (Å²) in [4.78, 5) is 0. The monoisotopic (exact) mass is 169 g/mol. The summed E-state index contributed by atoms with van der Waals surface area (Å²) in [6, 6.07) is 0. The Hall–Kier alpha value is -0.430. The van der Waals surface area contributed by atoms with Gasteiger partial charge in [-0.1, -0.05) is 13.0 Å². The summed E-state index contributed by atoms with van der Waals surface area (Å²) in [7, 11) is 1.77. The highest BCUT2D eigenvalue weighted by Crippen LogP contribution is 2.27. The lowest BCUT2D eigenvalue weighted by Gasteiger charge is -2.12. The molecule has 0 aliphatic rings. The van der Waals surface area contributed by atoms with Gasteiger partial charge in [-0.25, -0.2) is 0 Å². The van der Waals surface area contributed by atoms with Gasteiger partial charge in [0.2, 0.25) is 6.10 Å². The van der Waals surface area contributed by atoms with E-state index in [1.54, 1.807) is 7.11 Å². The molecule has 1 nitrogen and oxygen atoms in total. The first-order valence-corrected chi connectivity index (χ1v) is 4.70. The lowest BCUT2D eigenvalue weighted by molar-refractivity contribution is 0.132. The molecule has 0 heterocycles. The molecule has 0 rings (SSSR count). The highest BCUT2D eigenvalue weighted by atomic mass is 16.5. The van der Waals surface area contributed by atoms with Crippen LogP contribution < -0.4 is 0 Å². The van der Waals surface area contributed by atoms with Gasteiger partial charge in [0.05, 0.1) is 7.11 Å². The average molecular weight is 169 g/mol. The van der Waals surface area contributed by atoms with Crippen molar-refractivity contribution in [1.29, 1.82) is 0 Å². The van der Waals surface area contributed by atoms with E-state index >= 15 is 0 Å². The van der Waals surface area contributed by atoms with Gasteiger partial charge in [0, 0.05) is 0 Å². The van der Waals surface area contributed by atoms with Crippen molar-refractivity contribution in [3.63, 3.8) is 0 Å². The van der Waals surface area contributed by atoms with Crippen LogP contribution in [-0.2, 0) is 4.74 Å². The van der Waals surface area contributed by atoms with Crippen molar-refractivity contribution < 1.29 is 4.74 Å². The van der Waals surface area contributed by atoms with Gasteiger partial charge in [-0.15, -0.1) is 0 Å². The third-order valence-corrected chi connectivity index (χ3v) is 2.03. The van der Waals surface area contributed by atoms with Crippen molar-refractivity contribution in [3.05, 3.63) is 18.3 Å². The number of hydrogen-bond donors (Lipinski definition) is 0. The van der Waals surface area contributed by atoms with E-state index in [0.717, 1.165) is 6.42 Å². The first-order valence-electron chi connectivity index (χ1n) is 4.70. The first kappa shape index (κ1) is 11.6. The molecule has 1 heteroatoms. The number of hydrogen-bond acceptors (Lipinski definition) is 1. The van der Waals surface area contributed by atoms with Crippen molar-refractivity contribution in [2.45, 2.75) is 34.1 Å². The quantitative estimate of drug-likeness (QED) is 0.452. The minimum Gasteiger partial charge on any atom is -0.196 e. The van der Waals surface area contributed by atoms with E-state index in [0.29, 0.717) is 11.8 Å². The zero-order chi connectivity index (χ0) is 9.56. The highest BCUT2D eigenvalue weighted by Gasteiger charge is 2.33. The molecule has 0 saturated heterocycles. The smallest absolute Gasteiger partial charge is 0.196 e. The van der Waals surface area contributed by atoms with Gasteiger partial charge in [0.25, 0.3) is 0 Å². The lowest BCUT2D eigenvalue weighted by Crippen LogP contribution is -2.17. The Labute approximate surface area is 76.8 Å². The second-order valence-corrected chi connectivity index (χ2v) is 3.30. The molecular formula is C11H21O+. The van der Waals surface area contributed by atoms with Crippen LogP contribution in [0, 0.1) is 17.9 Å². The second kappa shape index (κ2) is 6.13. The molecule has 0 aromatic carbocycles. The van der Waals surface area contributed by atoms with Gasteiger partial charge in [0.1, 0.15) is 5.92 Å². The van der Waals surface area contributed by atoms with Crippen molar-refractivity contribution in [3.8, 4) is 0 Å². The minimum absolute atomic E-state index is 0.486. The number of allylic oxidation sites excluding steroid dienone is 1. The van der Waals surface area contributed by atoms with Crippen molar-refractivity contribution in [2.24, 2.45) is 11.8 Å². The van der Waals surface area contributed by atoms with Crippen LogP contribution in [0.1, 0.15) is 34.1 Å². The Kier molecular flexibility index (Phi) is 5.91. The van der Waals surface area contributed by atoms with Gasteiger partial charge in [-0.3, -0.25) is 0 Å². The van der Waals surface area contributed by atoms with Crippen LogP contribution in [0.15, 0.2) is 12.2 Å². The fourth-order valence-corrected chi connectivity index (χ4v) is 1.48. The maximum absolute atomic E-state index is 5.38. The summed E-state index contributed by atoms with van der Waals surface area (Å²) in [5.41, 5.74) is 0. The van der Waals surface area contributed by atoms with E-state index < -0.39 is 0 Å². The molecule has 0 spiro atoms. The highest BCUT2D eigenvalue weighted by molar-refractivity contribution is 5.00. The van der Waals surface area contributed by atoms with E-state index in [4.69, 9.17) is 4.74 Å². The van der Waals surface area contributed by atoms with E-state index in [1.807, 2.05) is 0 Å². The molecule has 0 aromatic heterocycles. The fourth-order valence-electron chi connectivity index (χ4n) is 1.48. The molecule has 0 bridgehead atoms. The van der Waals surface area contributed by atoms with E-state index in [1.165, 1.54) is 6.10 Å². The Bertz CT molecular complexity index is 127. The summed E-state index contributed by atoms with van der Waals surface area (Å²) in [5, 5.41) is 0. The molecule has 1 atom stereocenters. The Balaban J connectivity index is 4.22. The second-order valence-electron chi connectivity index (χ2n) is 3.30. The topological polar surface area (TPSA) is 9.23 Å². The largest absolute Gasteiger partial charge is 0.250 e. The van der Waals surface area contributed by atoms with E-state index in [-0.39, 0.29) is 0 Å². The number of rotatable bonds is 5. The summed E-state index contributed by atoms with van der Waals surface area (Å²) in [5.74, 6) is 0.996. The normalized spacial score (nSPS) is 14.2. The molecule has 0 amide bonds. The van der Waals surface area contributed by atoms with Gasteiger partial charge in [-0.05, 0) is 33.3 Å². The molecule has 12 heavy (non-hydrogen) atoms. The standard InChI is InChI=1S/C11H21O/c1-6-8-10(7-2)11(12-5)9(3)4/h6,8-10H,7H2,1-5H3/q+1/b8-6+. The Morgan fingerprint density at radius 1 is 1.42 bits per heavy atom. The molecular weight excluding hydrogens is 148 g/mol. The van der Waals surface area contributed by atoms with Gasteiger partial charge in [0.15, 0.2) is 5.92 Å². The summed E-state index contributed by atoms with van der Waals surface area (Å²) >= 11 is 0. The summed E-state index contributed by atoms with van der Waals surface area (Å²) in [6.07, 6.45) is 6.61. The summed E-state index contributed by atoms with van der Waals surface area (Å²) in [6.45, 7) is 8.58. The van der Waals surface area contributed by atoms with Crippen LogP contribution in [0.2, 0.25) is 0 Å². The zero-order valence-corrected chi connectivity index (χ0v) is 8.92. The third-order valence-electron chi connectivity index (χ3n) is 2.03. The van der Waals surface area contributed by atoms with Crippen molar-refractivity contribution in [2.75, 3.05) is 7.11 Å². The third kappa shape index (κ3) is 3.31. The molecule has 0 aliphatic heterocycles. The minimum atomic E-state index is 0.486. The molecule has 0 aliphatic carbocycles. The van der Waals surface area contributed by atoms with Crippen LogP contribution in [0.5, 0.6) is 0 Å². The van der Waals surface area contributed by atoms with Gasteiger partial charge >= 0.3 is 0 Å². The van der Waals surface area contributed by atoms with Crippen LogP contribution in [0.25, 0.3) is 0 Å². The first-order chi connectivity index (χ1) is 5.67. The summed E-state index contributed by atoms with van der Waals surface area (Å²) < 4.78 is 5.38. The Morgan fingerprint density at radius 2 is 2.00 bits per heavy atom. The van der Waals surface area contributed by atoms with Crippen molar-refractivity contribution >= 4 is 0 Å². The molecule has 0 saturated carbocycles. The molecule has 0 fully saturated rings. The van der Waals surface area contributed by atoms with Gasteiger partial charge < -0.3 is 0 Å². The predicted molar refractivity (Wildman–Crippen MR) is 53.7 cm³/mol. The molecule has 0 aromatic rings. The lowest BCUT2D eigenvalue weighted by atomic mass is 9.91. The molecule has 70 valence electrons. The number of methoxy groups -OCH3 is 1. The van der Waals surface area contributed by atoms with Crippen molar-refractivity contribution in [1.82, 2.24) is 0 Å². The molecule has 0 radical (unpaired) electrons. The van der Waals surface area contributed by atoms with Crippen LogP contribution >= 0.6 is 0 Å². The van der Waals surface area contributed by atoms with E-state index in [9.17, 15) is 0 Å². The van der Waals surface area contributed by atoms with E-state index in [2.05, 4.69) is 39.8 Å². The fraction of sp³-hybridized carbons (Fsp3) is 0.727. The molecule has 0 N–H and O–H groups in total. The average Bonchev–Trinajstić information content (AvgIpc) is 2.03. The maximum atomic E-state index is 5.38. The van der Waals surface area contributed by atoms with Crippen LogP contribution in [0.4, 0.5) is 0 Å². The SMILES string of the molecule is C/C=C/C(CC)[C+](OC)C(C)C. The maximum Gasteiger partial charge on any atom is 0.250 e. The van der Waals surface area contributed by atoms with Crippen LogP contribution in [0.3, 0.4) is 0 Å². The number of ether oxygens (including phenoxy) is 1. The predicted octanol–water partition coefficient (Wildman–Crippen LogP) is 3.42. The Morgan fingerprint density at radius 3 is 2.25 bits per heavy atom.